The molecule has 0 fully saturated rings. The molecular formula is C22H23ClF3N3O. The molecule has 0 aliphatic carbocycles. The van der Waals surface area contributed by atoms with Crippen LogP contribution < -0.4 is 10.6 Å². The SMILES string of the molecule is C/C=C(/C)N=CC(C)c1ccc(CNC(=O)Nc2ccc(Cl)c(C(F)(F)F)c2)cc1. The summed E-state index contributed by atoms with van der Waals surface area (Å²) in [5, 5.41) is 4.58. The van der Waals surface area contributed by atoms with Gasteiger partial charge in [0.15, 0.2) is 0 Å². The molecule has 30 heavy (non-hydrogen) atoms. The lowest BCUT2D eigenvalue weighted by Crippen LogP contribution is -2.28. The van der Waals surface area contributed by atoms with E-state index in [0.717, 1.165) is 29.0 Å². The minimum Gasteiger partial charge on any atom is -0.334 e. The molecule has 2 aromatic carbocycles. The third-order valence-corrected chi connectivity index (χ3v) is 4.74. The number of nitrogens with zero attached hydrogens (tertiary/aromatic N) is 1. The van der Waals surface area contributed by atoms with Crippen LogP contribution in [-0.2, 0) is 12.7 Å². The fourth-order valence-corrected chi connectivity index (χ4v) is 2.73. The summed E-state index contributed by atoms with van der Waals surface area (Å²) in [6.45, 7) is 6.12. The lowest BCUT2D eigenvalue weighted by Gasteiger charge is -2.12. The van der Waals surface area contributed by atoms with E-state index >= 15 is 0 Å². The van der Waals surface area contributed by atoms with Crippen LogP contribution in [0.2, 0.25) is 5.02 Å². The predicted molar refractivity (Wildman–Crippen MR) is 115 cm³/mol. The Morgan fingerprint density at radius 3 is 2.47 bits per heavy atom. The molecule has 1 unspecified atom stereocenters. The van der Waals surface area contributed by atoms with Gasteiger partial charge >= 0.3 is 12.2 Å². The lowest BCUT2D eigenvalue weighted by molar-refractivity contribution is -0.137. The number of carbonyl (C=O) groups is 1. The summed E-state index contributed by atoms with van der Waals surface area (Å²) in [4.78, 5) is 16.4. The molecule has 160 valence electrons. The van der Waals surface area contributed by atoms with E-state index < -0.39 is 22.8 Å². The van der Waals surface area contributed by atoms with Crippen molar-refractivity contribution >= 4 is 29.5 Å². The van der Waals surface area contributed by atoms with E-state index in [4.69, 9.17) is 11.6 Å². The molecule has 1 atom stereocenters. The second-order valence-corrected chi connectivity index (χ2v) is 7.15. The number of carbonyl (C=O) groups excluding carboxylic acids is 1. The average Bonchev–Trinajstić information content (AvgIpc) is 2.71. The maximum absolute atomic E-state index is 12.9. The zero-order valence-corrected chi connectivity index (χ0v) is 17.6. The molecule has 0 aliphatic heterocycles. The Bertz CT molecular complexity index is 938. The number of amides is 2. The second-order valence-electron chi connectivity index (χ2n) is 6.74. The number of urea groups is 1. The highest BCUT2D eigenvalue weighted by molar-refractivity contribution is 6.31. The number of halogens is 4. The van der Waals surface area contributed by atoms with Crippen molar-refractivity contribution in [2.45, 2.75) is 39.4 Å². The summed E-state index contributed by atoms with van der Waals surface area (Å²) in [6.07, 6.45) is -0.797. The Kier molecular flexibility index (Phi) is 8.06. The van der Waals surface area contributed by atoms with Gasteiger partial charge in [-0.05, 0) is 43.2 Å². The highest BCUT2D eigenvalue weighted by Crippen LogP contribution is 2.36. The van der Waals surface area contributed by atoms with Crippen molar-refractivity contribution < 1.29 is 18.0 Å². The van der Waals surface area contributed by atoms with Gasteiger partial charge in [-0.1, -0.05) is 48.9 Å². The van der Waals surface area contributed by atoms with Crippen molar-refractivity contribution in [3.05, 3.63) is 76.0 Å². The molecule has 2 aromatic rings. The summed E-state index contributed by atoms with van der Waals surface area (Å²) in [6, 6.07) is 10.3. The number of hydrogen-bond donors (Lipinski definition) is 2. The molecule has 0 aliphatic rings. The molecule has 0 aromatic heterocycles. The first kappa shape index (κ1) is 23.5. The first-order valence-electron chi connectivity index (χ1n) is 9.27. The van der Waals surface area contributed by atoms with Crippen molar-refractivity contribution in [2.24, 2.45) is 4.99 Å². The van der Waals surface area contributed by atoms with Crippen LogP contribution in [0.15, 0.2) is 59.2 Å². The van der Waals surface area contributed by atoms with E-state index in [-0.39, 0.29) is 18.2 Å². The zero-order chi connectivity index (χ0) is 22.3. The molecule has 2 N–H and O–H groups in total. The molecule has 0 bridgehead atoms. The molecule has 8 heteroatoms. The molecule has 0 spiro atoms. The highest BCUT2D eigenvalue weighted by Gasteiger charge is 2.33. The van der Waals surface area contributed by atoms with Gasteiger partial charge in [-0.25, -0.2) is 4.79 Å². The fourth-order valence-electron chi connectivity index (χ4n) is 2.51. The summed E-state index contributed by atoms with van der Waals surface area (Å²) in [7, 11) is 0. The van der Waals surface area contributed by atoms with E-state index in [1.54, 1.807) is 0 Å². The lowest BCUT2D eigenvalue weighted by atomic mass is 10.0. The first-order chi connectivity index (χ1) is 14.1. The van der Waals surface area contributed by atoms with Crippen molar-refractivity contribution in [1.29, 1.82) is 0 Å². The summed E-state index contributed by atoms with van der Waals surface area (Å²) >= 11 is 5.58. The first-order valence-corrected chi connectivity index (χ1v) is 9.65. The van der Waals surface area contributed by atoms with E-state index in [2.05, 4.69) is 15.6 Å². The number of anilines is 1. The molecule has 0 saturated heterocycles. The van der Waals surface area contributed by atoms with Gasteiger partial charge < -0.3 is 10.6 Å². The van der Waals surface area contributed by atoms with Crippen LogP contribution in [-0.4, -0.2) is 12.2 Å². The maximum Gasteiger partial charge on any atom is 0.417 e. The van der Waals surface area contributed by atoms with Crippen molar-refractivity contribution in [1.82, 2.24) is 5.32 Å². The Labute approximate surface area is 178 Å². The van der Waals surface area contributed by atoms with Gasteiger partial charge in [-0.2, -0.15) is 13.2 Å². The smallest absolute Gasteiger partial charge is 0.334 e. The molecule has 4 nitrogen and oxygen atoms in total. The number of allylic oxidation sites excluding steroid dienone is 2. The largest absolute Gasteiger partial charge is 0.417 e. The summed E-state index contributed by atoms with van der Waals surface area (Å²) in [5.41, 5.74) is 1.88. The predicted octanol–water partition coefficient (Wildman–Crippen LogP) is 6.78. The Balaban J connectivity index is 1.93. The van der Waals surface area contributed by atoms with Crippen LogP contribution >= 0.6 is 11.6 Å². The molecule has 2 amide bonds. The fraction of sp³-hybridized carbons (Fsp3) is 0.273. The number of aliphatic imine (C=N–C) groups is 1. The van der Waals surface area contributed by atoms with Crippen LogP contribution in [0.1, 0.15) is 43.4 Å². The van der Waals surface area contributed by atoms with Crippen LogP contribution in [0.5, 0.6) is 0 Å². The molecule has 0 radical (unpaired) electrons. The minimum atomic E-state index is -4.60. The average molecular weight is 438 g/mol. The van der Waals surface area contributed by atoms with Gasteiger partial charge in [0.1, 0.15) is 0 Å². The normalized spacial score (nSPS) is 13.4. The van der Waals surface area contributed by atoms with Crippen molar-refractivity contribution in [3.8, 4) is 0 Å². The van der Waals surface area contributed by atoms with Crippen LogP contribution in [0.4, 0.5) is 23.7 Å². The highest BCUT2D eigenvalue weighted by atomic mass is 35.5. The van der Waals surface area contributed by atoms with E-state index in [9.17, 15) is 18.0 Å². The standard InChI is InChI=1S/C22H23ClF3N3O/c1-4-15(3)27-12-14(2)17-7-5-16(6-8-17)13-28-21(30)29-18-9-10-20(23)19(11-18)22(24,25)26/h4-12,14H,13H2,1-3H3,(H2,28,29,30)/b15-4-,27-12?. The van der Waals surface area contributed by atoms with Gasteiger partial charge in [0.2, 0.25) is 0 Å². The number of rotatable bonds is 6. The van der Waals surface area contributed by atoms with Gasteiger partial charge in [0.25, 0.3) is 0 Å². The number of alkyl halides is 3. The van der Waals surface area contributed by atoms with Crippen molar-refractivity contribution in [2.75, 3.05) is 5.32 Å². The Morgan fingerprint density at radius 2 is 1.87 bits per heavy atom. The van der Waals surface area contributed by atoms with E-state index in [0.29, 0.717) is 0 Å². The third-order valence-electron chi connectivity index (χ3n) is 4.41. The van der Waals surface area contributed by atoms with E-state index in [1.165, 1.54) is 6.07 Å². The van der Waals surface area contributed by atoms with Gasteiger partial charge in [-0.15, -0.1) is 0 Å². The van der Waals surface area contributed by atoms with Crippen molar-refractivity contribution in [3.63, 3.8) is 0 Å². The number of benzene rings is 2. The molecule has 2 rings (SSSR count). The summed E-state index contributed by atoms with van der Waals surface area (Å²) < 4.78 is 38.7. The zero-order valence-electron chi connectivity index (χ0n) is 16.8. The van der Waals surface area contributed by atoms with Gasteiger partial charge in [0, 0.05) is 30.1 Å². The quantitative estimate of drug-likeness (QED) is 0.481. The van der Waals surface area contributed by atoms with Crippen LogP contribution in [0, 0.1) is 0 Å². The Hall–Kier alpha value is -2.80. The van der Waals surface area contributed by atoms with Gasteiger partial charge in [-0.3, -0.25) is 4.99 Å². The Morgan fingerprint density at radius 1 is 1.20 bits per heavy atom. The van der Waals surface area contributed by atoms with Crippen LogP contribution in [0.3, 0.4) is 0 Å². The molecular weight excluding hydrogens is 415 g/mol. The number of hydrogen-bond acceptors (Lipinski definition) is 2. The second kappa shape index (κ2) is 10.3. The van der Waals surface area contributed by atoms with E-state index in [1.807, 2.05) is 57.3 Å². The topological polar surface area (TPSA) is 53.5 Å². The monoisotopic (exact) mass is 437 g/mol. The van der Waals surface area contributed by atoms with Gasteiger partial charge in [0.05, 0.1) is 10.6 Å². The minimum absolute atomic E-state index is 0.00380. The maximum atomic E-state index is 12.9. The number of nitrogens with one attached hydrogen (secondary N) is 2. The third kappa shape index (κ3) is 6.91. The molecule has 0 saturated carbocycles. The summed E-state index contributed by atoms with van der Waals surface area (Å²) in [5.74, 6) is 0.137. The molecule has 0 heterocycles. The van der Waals surface area contributed by atoms with Crippen LogP contribution in [0.25, 0.3) is 0 Å².